The zero-order valence-corrected chi connectivity index (χ0v) is 12.8. The number of sulfonamides is 1. The maximum Gasteiger partial charge on any atom is 0.250 e. The number of methoxy groups -OCH3 is 1. The van der Waals surface area contributed by atoms with Crippen molar-refractivity contribution >= 4 is 21.4 Å². The summed E-state index contributed by atoms with van der Waals surface area (Å²) < 4.78 is 32.6. The predicted octanol–water partition coefficient (Wildman–Crippen LogP) is 1.31. The minimum Gasteiger partial charge on any atom is -0.381 e. The van der Waals surface area contributed by atoms with Crippen LogP contribution in [0.2, 0.25) is 0 Å². The third-order valence-electron chi connectivity index (χ3n) is 3.22. The van der Waals surface area contributed by atoms with Crippen molar-refractivity contribution in [2.45, 2.75) is 42.7 Å². The molecule has 5 nitrogen and oxygen atoms in total. The van der Waals surface area contributed by atoms with E-state index < -0.39 is 10.0 Å². The van der Waals surface area contributed by atoms with Gasteiger partial charge in [-0.25, -0.2) is 13.1 Å². The Balaban J connectivity index is 1.94. The summed E-state index contributed by atoms with van der Waals surface area (Å²) in [6, 6.07) is 1.75. The van der Waals surface area contributed by atoms with Crippen molar-refractivity contribution in [2.24, 2.45) is 0 Å². The van der Waals surface area contributed by atoms with Crippen LogP contribution in [0.25, 0.3) is 0 Å². The first-order valence-electron chi connectivity index (χ1n) is 6.38. The number of ether oxygens (including phenoxy) is 1. The van der Waals surface area contributed by atoms with Crippen LogP contribution in [0.1, 0.15) is 25.3 Å². The lowest BCUT2D eigenvalue weighted by atomic mass is 9.90. The van der Waals surface area contributed by atoms with Crippen LogP contribution in [0, 0.1) is 0 Å². The van der Waals surface area contributed by atoms with E-state index in [4.69, 9.17) is 4.74 Å². The lowest BCUT2D eigenvalue weighted by molar-refractivity contribution is 0.0236. The van der Waals surface area contributed by atoms with E-state index in [1.807, 2.05) is 12.3 Å². The van der Waals surface area contributed by atoms with E-state index in [1.54, 1.807) is 13.2 Å². The van der Waals surface area contributed by atoms with E-state index >= 15 is 0 Å². The van der Waals surface area contributed by atoms with Crippen LogP contribution in [0.4, 0.5) is 0 Å². The fraction of sp³-hybridized carbons (Fsp3) is 0.667. The average Bonchev–Trinajstić information content (AvgIpc) is 2.80. The van der Waals surface area contributed by atoms with Gasteiger partial charge in [0.1, 0.15) is 4.21 Å². The van der Waals surface area contributed by atoms with E-state index in [0.29, 0.717) is 10.8 Å². The minimum absolute atomic E-state index is 0.00858. The summed E-state index contributed by atoms with van der Waals surface area (Å²) in [7, 11) is -1.72. The highest BCUT2D eigenvalue weighted by molar-refractivity contribution is 7.91. The highest BCUT2D eigenvalue weighted by Crippen LogP contribution is 2.26. The summed E-state index contributed by atoms with van der Waals surface area (Å²) in [5, 5.41) is 5.07. The molecule has 0 aliphatic heterocycles. The quantitative estimate of drug-likeness (QED) is 0.797. The first-order chi connectivity index (χ1) is 9.05. The number of nitrogens with one attached hydrogen (secondary N) is 2. The lowest BCUT2D eigenvalue weighted by Gasteiger charge is -2.34. The van der Waals surface area contributed by atoms with Crippen LogP contribution >= 0.6 is 11.3 Å². The third-order valence-corrected chi connectivity index (χ3v) is 6.23. The first kappa shape index (κ1) is 14.9. The van der Waals surface area contributed by atoms with Crippen molar-refractivity contribution in [3.05, 3.63) is 17.0 Å². The molecule has 0 aromatic carbocycles. The molecule has 0 amide bonds. The molecule has 0 saturated heterocycles. The standard InChI is InChI=1S/C12H20N2O3S2/c1-3-13-7-9-4-12(18-8-9)19(15,16)14-10-5-11(6-10)17-2/h4,8,10-11,13-14H,3,5-7H2,1-2H3. The predicted molar refractivity (Wildman–Crippen MR) is 75.8 cm³/mol. The average molecular weight is 304 g/mol. The number of hydrogen-bond donors (Lipinski definition) is 2. The van der Waals surface area contributed by atoms with Gasteiger partial charge >= 0.3 is 0 Å². The molecule has 0 radical (unpaired) electrons. The summed E-state index contributed by atoms with van der Waals surface area (Å²) in [5.41, 5.74) is 1.01. The van der Waals surface area contributed by atoms with Crippen LogP contribution in [-0.2, 0) is 21.3 Å². The van der Waals surface area contributed by atoms with Gasteiger partial charge in [-0.1, -0.05) is 6.92 Å². The molecular weight excluding hydrogens is 284 g/mol. The molecule has 19 heavy (non-hydrogen) atoms. The molecule has 7 heteroatoms. The molecule has 1 aromatic rings. The Kier molecular flexibility index (Phi) is 4.97. The van der Waals surface area contributed by atoms with Gasteiger partial charge < -0.3 is 10.1 Å². The largest absolute Gasteiger partial charge is 0.381 e. The van der Waals surface area contributed by atoms with Crippen molar-refractivity contribution in [3.63, 3.8) is 0 Å². The molecule has 2 N–H and O–H groups in total. The van der Waals surface area contributed by atoms with Gasteiger partial charge in [-0.2, -0.15) is 0 Å². The lowest BCUT2D eigenvalue weighted by Crippen LogP contribution is -2.47. The van der Waals surface area contributed by atoms with Gasteiger partial charge in [-0.05, 0) is 36.4 Å². The van der Waals surface area contributed by atoms with Crippen LogP contribution in [0.3, 0.4) is 0 Å². The van der Waals surface area contributed by atoms with Gasteiger partial charge in [0, 0.05) is 19.7 Å². The van der Waals surface area contributed by atoms with Gasteiger partial charge in [0.05, 0.1) is 6.10 Å². The molecule has 1 aromatic heterocycles. The summed E-state index contributed by atoms with van der Waals surface area (Å²) in [4.78, 5) is 0. The molecule has 0 bridgehead atoms. The smallest absolute Gasteiger partial charge is 0.250 e. The maximum atomic E-state index is 12.2. The van der Waals surface area contributed by atoms with Gasteiger partial charge in [0.2, 0.25) is 10.0 Å². The van der Waals surface area contributed by atoms with Crippen molar-refractivity contribution < 1.29 is 13.2 Å². The molecule has 1 aliphatic carbocycles. The second-order valence-corrected chi connectivity index (χ2v) is 7.55. The van der Waals surface area contributed by atoms with E-state index in [0.717, 1.165) is 24.9 Å². The molecule has 0 spiro atoms. The van der Waals surface area contributed by atoms with E-state index in [9.17, 15) is 8.42 Å². The normalized spacial score (nSPS) is 23.3. The Morgan fingerprint density at radius 2 is 2.21 bits per heavy atom. The highest BCUT2D eigenvalue weighted by Gasteiger charge is 2.33. The Morgan fingerprint density at radius 3 is 2.84 bits per heavy atom. The highest BCUT2D eigenvalue weighted by atomic mass is 32.2. The summed E-state index contributed by atoms with van der Waals surface area (Å²) in [6.07, 6.45) is 1.71. The number of hydrogen-bond acceptors (Lipinski definition) is 5. The zero-order valence-electron chi connectivity index (χ0n) is 11.2. The van der Waals surface area contributed by atoms with Crippen LogP contribution < -0.4 is 10.0 Å². The SMILES string of the molecule is CCNCc1csc(S(=O)(=O)NC2CC(OC)C2)c1. The second kappa shape index (κ2) is 6.32. The van der Waals surface area contributed by atoms with E-state index in [2.05, 4.69) is 10.0 Å². The Hall–Kier alpha value is -0.470. The molecule has 108 valence electrons. The minimum atomic E-state index is -3.37. The number of rotatable bonds is 7. The molecule has 1 saturated carbocycles. The van der Waals surface area contributed by atoms with Crippen molar-refractivity contribution in [1.82, 2.24) is 10.0 Å². The molecule has 0 atom stereocenters. The summed E-state index contributed by atoms with van der Waals surface area (Å²) >= 11 is 1.27. The van der Waals surface area contributed by atoms with E-state index in [-0.39, 0.29) is 12.1 Å². The van der Waals surface area contributed by atoms with Gasteiger partial charge in [0.25, 0.3) is 0 Å². The van der Waals surface area contributed by atoms with Crippen LogP contribution in [0.5, 0.6) is 0 Å². The molecular formula is C12H20N2O3S2. The van der Waals surface area contributed by atoms with Crippen molar-refractivity contribution in [2.75, 3.05) is 13.7 Å². The third kappa shape index (κ3) is 3.76. The fourth-order valence-corrected chi connectivity index (χ4v) is 4.48. The Labute approximate surface area is 118 Å². The Bertz CT molecular complexity index is 507. The molecule has 0 unspecified atom stereocenters. The fourth-order valence-electron chi connectivity index (χ4n) is 1.99. The van der Waals surface area contributed by atoms with Crippen LogP contribution in [0.15, 0.2) is 15.7 Å². The molecule has 1 heterocycles. The summed E-state index contributed by atoms with van der Waals surface area (Å²) in [5.74, 6) is 0. The Morgan fingerprint density at radius 1 is 1.47 bits per heavy atom. The zero-order chi connectivity index (χ0) is 13.9. The van der Waals surface area contributed by atoms with Gasteiger partial charge in [-0.3, -0.25) is 0 Å². The monoisotopic (exact) mass is 304 g/mol. The topological polar surface area (TPSA) is 67.4 Å². The molecule has 1 fully saturated rings. The maximum absolute atomic E-state index is 12.2. The second-order valence-electron chi connectivity index (χ2n) is 4.70. The first-order valence-corrected chi connectivity index (χ1v) is 8.74. The number of thiophene rings is 1. The summed E-state index contributed by atoms with van der Waals surface area (Å²) in [6.45, 7) is 3.60. The van der Waals surface area contributed by atoms with E-state index in [1.165, 1.54) is 11.3 Å². The van der Waals surface area contributed by atoms with Gasteiger partial charge in [0.15, 0.2) is 0 Å². The van der Waals surface area contributed by atoms with Crippen LogP contribution in [-0.4, -0.2) is 34.2 Å². The molecule has 1 aliphatic rings. The van der Waals surface area contributed by atoms with Gasteiger partial charge in [-0.15, -0.1) is 11.3 Å². The molecule has 2 rings (SSSR count). The van der Waals surface area contributed by atoms with Crippen molar-refractivity contribution in [3.8, 4) is 0 Å². The van der Waals surface area contributed by atoms with Crippen molar-refractivity contribution in [1.29, 1.82) is 0 Å².